The summed E-state index contributed by atoms with van der Waals surface area (Å²) in [6.07, 6.45) is 1.59. The van der Waals surface area contributed by atoms with E-state index in [0.29, 0.717) is 12.4 Å². The molecule has 1 amide bonds. The maximum Gasteiger partial charge on any atom is 0.259 e. The smallest absolute Gasteiger partial charge is 0.259 e. The standard InChI is InChI=1S/C23H23N3O2/c1-18-11-13-21(14-12-18)24-16-23(27)26-25-15-20-9-5-6-10-22(20)28-17-19-7-3-2-4-8-19/h2-15,24H,16-17H2,1H3,(H,26,27)/b25-15-. The Labute approximate surface area is 165 Å². The number of benzene rings is 3. The molecule has 0 saturated heterocycles. The number of hydrogen-bond acceptors (Lipinski definition) is 4. The van der Waals surface area contributed by atoms with Gasteiger partial charge in [-0.2, -0.15) is 5.10 Å². The molecule has 2 N–H and O–H groups in total. The minimum absolute atomic E-state index is 0.145. The molecule has 0 atom stereocenters. The van der Waals surface area contributed by atoms with Crippen molar-refractivity contribution >= 4 is 17.8 Å². The fourth-order valence-corrected chi connectivity index (χ4v) is 2.52. The Hall–Kier alpha value is -3.60. The summed E-state index contributed by atoms with van der Waals surface area (Å²) in [5.41, 5.74) is 6.48. The lowest BCUT2D eigenvalue weighted by Gasteiger charge is -2.09. The Bertz CT molecular complexity index is 922. The van der Waals surface area contributed by atoms with Gasteiger partial charge in [0, 0.05) is 11.3 Å². The highest BCUT2D eigenvalue weighted by atomic mass is 16.5. The number of rotatable bonds is 8. The second-order valence-corrected chi connectivity index (χ2v) is 6.32. The second kappa shape index (κ2) is 9.92. The average molecular weight is 373 g/mol. The number of aryl methyl sites for hydroxylation is 1. The summed E-state index contributed by atoms with van der Waals surface area (Å²) in [6, 6.07) is 25.4. The fraction of sp³-hybridized carbons (Fsp3) is 0.130. The minimum atomic E-state index is -0.223. The molecule has 0 aliphatic heterocycles. The van der Waals surface area contributed by atoms with Crippen LogP contribution in [0.15, 0.2) is 84.0 Å². The summed E-state index contributed by atoms with van der Waals surface area (Å²) in [6.45, 7) is 2.64. The van der Waals surface area contributed by atoms with Crippen molar-refractivity contribution in [2.45, 2.75) is 13.5 Å². The van der Waals surface area contributed by atoms with Crippen LogP contribution in [0.1, 0.15) is 16.7 Å². The molecule has 5 heteroatoms. The van der Waals surface area contributed by atoms with Gasteiger partial charge in [-0.25, -0.2) is 5.43 Å². The number of anilines is 1. The molecule has 0 radical (unpaired) electrons. The summed E-state index contributed by atoms with van der Waals surface area (Å²) in [4.78, 5) is 12.0. The van der Waals surface area contributed by atoms with Crippen LogP contribution in [-0.4, -0.2) is 18.7 Å². The van der Waals surface area contributed by atoms with Gasteiger partial charge in [-0.1, -0.05) is 60.2 Å². The van der Waals surface area contributed by atoms with Crippen molar-refractivity contribution in [2.75, 3.05) is 11.9 Å². The molecular weight excluding hydrogens is 350 g/mol. The van der Waals surface area contributed by atoms with Gasteiger partial charge in [-0.05, 0) is 36.8 Å². The Kier molecular flexibility index (Phi) is 6.79. The number of carbonyl (C=O) groups is 1. The summed E-state index contributed by atoms with van der Waals surface area (Å²) in [7, 11) is 0. The molecule has 3 rings (SSSR count). The van der Waals surface area contributed by atoms with E-state index in [1.807, 2.05) is 85.8 Å². The molecule has 0 aliphatic rings. The van der Waals surface area contributed by atoms with Gasteiger partial charge in [-0.3, -0.25) is 4.79 Å². The molecular formula is C23H23N3O2. The van der Waals surface area contributed by atoms with Gasteiger partial charge < -0.3 is 10.1 Å². The summed E-state index contributed by atoms with van der Waals surface area (Å²) in [5, 5.41) is 7.10. The topological polar surface area (TPSA) is 62.7 Å². The van der Waals surface area contributed by atoms with Crippen molar-refractivity contribution in [3.05, 3.63) is 95.6 Å². The first-order valence-corrected chi connectivity index (χ1v) is 9.09. The SMILES string of the molecule is Cc1ccc(NCC(=O)N/N=C\c2ccccc2OCc2ccccc2)cc1. The van der Waals surface area contributed by atoms with E-state index in [1.165, 1.54) is 5.56 Å². The number of nitrogens with zero attached hydrogens (tertiary/aromatic N) is 1. The van der Waals surface area contributed by atoms with Crippen LogP contribution in [0.3, 0.4) is 0 Å². The van der Waals surface area contributed by atoms with Crippen molar-refractivity contribution < 1.29 is 9.53 Å². The minimum Gasteiger partial charge on any atom is -0.488 e. The van der Waals surface area contributed by atoms with E-state index in [1.54, 1.807) is 6.21 Å². The van der Waals surface area contributed by atoms with E-state index in [9.17, 15) is 4.79 Å². The van der Waals surface area contributed by atoms with Crippen molar-refractivity contribution in [1.82, 2.24) is 5.43 Å². The summed E-state index contributed by atoms with van der Waals surface area (Å²) in [5.74, 6) is 0.488. The third-order valence-corrected chi connectivity index (χ3v) is 4.05. The number of hydrogen-bond donors (Lipinski definition) is 2. The predicted molar refractivity (Wildman–Crippen MR) is 113 cm³/mol. The third-order valence-electron chi connectivity index (χ3n) is 4.05. The van der Waals surface area contributed by atoms with Crippen molar-refractivity contribution in [3.8, 4) is 5.75 Å². The third kappa shape index (κ3) is 5.99. The molecule has 0 unspecified atom stereocenters. The molecule has 142 valence electrons. The molecule has 3 aromatic rings. The number of hydrazone groups is 1. The van der Waals surface area contributed by atoms with Crippen LogP contribution in [0.25, 0.3) is 0 Å². The van der Waals surface area contributed by atoms with Crippen LogP contribution in [0.5, 0.6) is 5.75 Å². The Morgan fingerprint density at radius 3 is 2.46 bits per heavy atom. The van der Waals surface area contributed by atoms with Gasteiger partial charge in [0.1, 0.15) is 12.4 Å². The highest BCUT2D eigenvalue weighted by Crippen LogP contribution is 2.17. The maximum atomic E-state index is 12.0. The van der Waals surface area contributed by atoms with Crippen LogP contribution in [0.2, 0.25) is 0 Å². The number of amides is 1. The first kappa shape index (κ1) is 19.2. The van der Waals surface area contributed by atoms with Crippen molar-refractivity contribution in [2.24, 2.45) is 5.10 Å². The molecule has 0 bridgehead atoms. The lowest BCUT2D eigenvalue weighted by molar-refractivity contribution is -0.119. The van der Waals surface area contributed by atoms with Crippen molar-refractivity contribution in [3.63, 3.8) is 0 Å². The zero-order valence-electron chi connectivity index (χ0n) is 15.8. The van der Waals surface area contributed by atoms with Gasteiger partial charge in [0.2, 0.25) is 0 Å². The normalized spacial score (nSPS) is 10.6. The first-order valence-electron chi connectivity index (χ1n) is 9.09. The van der Waals surface area contributed by atoms with Crippen LogP contribution >= 0.6 is 0 Å². The first-order chi connectivity index (χ1) is 13.7. The number of carbonyl (C=O) groups excluding carboxylic acids is 1. The summed E-state index contributed by atoms with van der Waals surface area (Å²) < 4.78 is 5.88. The molecule has 0 heterocycles. The second-order valence-electron chi connectivity index (χ2n) is 6.32. The highest BCUT2D eigenvalue weighted by Gasteiger charge is 2.03. The molecule has 5 nitrogen and oxygen atoms in total. The van der Waals surface area contributed by atoms with Gasteiger partial charge in [0.05, 0.1) is 12.8 Å². The van der Waals surface area contributed by atoms with E-state index >= 15 is 0 Å². The van der Waals surface area contributed by atoms with E-state index in [4.69, 9.17) is 4.74 Å². The van der Waals surface area contributed by atoms with E-state index in [-0.39, 0.29) is 12.5 Å². The molecule has 0 aliphatic carbocycles. The Balaban J connectivity index is 1.50. The Morgan fingerprint density at radius 2 is 1.68 bits per heavy atom. The molecule has 0 aromatic heterocycles. The van der Waals surface area contributed by atoms with Gasteiger partial charge in [0.25, 0.3) is 5.91 Å². The molecule has 3 aromatic carbocycles. The molecule has 0 saturated carbocycles. The van der Waals surface area contributed by atoms with Gasteiger partial charge >= 0.3 is 0 Å². The zero-order chi connectivity index (χ0) is 19.6. The van der Waals surface area contributed by atoms with Crippen molar-refractivity contribution in [1.29, 1.82) is 0 Å². The molecule has 0 spiro atoms. The highest BCUT2D eigenvalue weighted by molar-refractivity contribution is 5.86. The van der Waals surface area contributed by atoms with Crippen LogP contribution in [0, 0.1) is 6.92 Å². The quantitative estimate of drug-likeness (QED) is 0.461. The average Bonchev–Trinajstić information content (AvgIpc) is 2.73. The summed E-state index contributed by atoms with van der Waals surface area (Å²) >= 11 is 0. The van der Waals surface area contributed by atoms with E-state index < -0.39 is 0 Å². The monoisotopic (exact) mass is 373 g/mol. The molecule has 28 heavy (non-hydrogen) atoms. The number of para-hydroxylation sites is 1. The lowest BCUT2D eigenvalue weighted by Crippen LogP contribution is -2.25. The van der Waals surface area contributed by atoms with Crippen LogP contribution in [-0.2, 0) is 11.4 Å². The number of ether oxygens (including phenoxy) is 1. The zero-order valence-corrected chi connectivity index (χ0v) is 15.8. The van der Waals surface area contributed by atoms with Gasteiger partial charge in [0.15, 0.2) is 0 Å². The lowest BCUT2D eigenvalue weighted by atomic mass is 10.2. The predicted octanol–water partition coefficient (Wildman–Crippen LogP) is 4.14. The van der Waals surface area contributed by atoms with Crippen LogP contribution < -0.4 is 15.5 Å². The van der Waals surface area contributed by atoms with E-state index in [2.05, 4.69) is 15.8 Å². The Morgan fingerprint density at radius 1 is 0.964 bits per heavy atom. The van der Waals surface area contributed by atoms with Gasteiger partial charge in [-0.15, -0.1) is 0 Å². The maximum absolute atomic E-state index is 12.0. The number of nitrogens with one attached hydrogen (secondary N) is 2. The van der Waals surface area contributed by atoms with Crippen LogP contribution in [0.4, 0.5) is 5.69 Å². The largest absolute Gasteiger partial charge is 0.488 e. The van der Waals surface area contributed by atoms with E-state index in [0.717, 1.165) is 16.8 Å². The molecule has 0 fully saturated rings. The fourth-order valence-electron chi connectivity index (χ4n) is 2.52.